The van der Waals surface area contributed by atoms with Gasteiger partial charge in [-0.25, -0.2) is 0 Å². The molecule has 138 valence electrons. The van der Waals surface area contributed by atoms with Crippen LogP contribution in [0, 0.1) is 0 Å². The molecule has 4 heteroatoms. The van der Waals surface area contributed by atoms with E-state index >= 15 is 0 Å². The van der Waals surface area contributed by atoms with Crippen LogP contribution >= 0.6 is 0 Å². The topological polar surface area (TPSA) is 52.6 Å². The summed E-state index contributed by atoms with van der Waals surface area (Å²) in [6.45, 7) is 1.33. The van der Waals surface area contributed by atoms with E-state index in [1.54, 1.807) is 0 Å². The lowest BCUT2D eigenvalue weighted by Crippen LogP contribution is -2.24. The minimum atomic E-state index is -0.805. The lowest BCUT2D eigenvalue weighted by Gasteiger charge is -2.17. The Hall–Kier alpha value is -2.62. The second-order valence-electron chi connectivity index (χ2n) is 6.28. The van der Waals surface area contributed by atoms with Gasteiger partial charge in [0.25, 0.3) is 0 Å². The Morgan fingerprint density at radius 3 is 2.04 bits per heavy atom. The SMILES string of the molecule is CC(=O)OC(CCCCCc1ccccc1)OC(=O)Cc1ccccc1. The van der Waals surface area contributed by atoms with Crippen molar-refractivity contribution in [1.82, 2.24) is 0 Å². The Bertz CT molecular complexity index is 667. The number of aryl methyl sites for hydroxylation is 1. The van der Waals surface area contributed by atoms with Crippen LogP contribution in [0.2, 0.25) is 0 Å². The first kappa shape index (κ1) is 19.7. The predicted molar refractivity (Wildman–Crippen MR) is 100 cm³/mol. The molecule has 0 saturated carbocycles. The van der Waals surface area contributed by atoms with Crippen LogP contribution in [0.25, 0.3) is 0 Å². The zero-order valence-corrected chi connectivity index (χ0v) is 15.2. The maximum atomic E-state index is 12.1. The van der Waals surface area contributed by atoms with Crippen LogP contribution in [-0.4, -0.2) is 18.2 Å². The summed E-state index contributed by atoms with van der Waals surface area (Å²) in [5, 5.41) is 0. The molecule has 0 aromatic heterocycles. The molecular formula is C22H26O4. The van der Waals surface area contributed by atoms with Gasteiger partial charge in [-0.05, 0) is 30.4 Å². The van der Waals surface area contributed by atoms with Gasteiger partial charge in [-0.1, -0.05) is 67.1 Å². The van der Waals surface area contributed by atoms with Gasteiger partial charge in [0, 0.05) is 13.3 Å². The Kier molecular flexibility index (Phi) is 8.40. The van der Waals surface area contributed by atoms with E-state index in [1.807, 2.05) is 48.5 Å². The zero-order valence-electron chi connectivity index (χ0n) is 15.2. The number of unbranched alkanes of at least 4 members (excludes halogenated alkanes) is 2. The largest absolute Gasteiger partial charge is 0.425 e. The van der Waals surface area contributed by atoms with Crippen LogP contribution in [-0.2, 0) is 31.9 Å². The molecule has 2 rings (SSSR count). The number of carbonyl (C=O) groups excluding carboxylic acids is 2. The number of carbonyl (C=O) groups is 2. The fraction of sp³-hybridized carbons (Fsp3) is 0.364. The van der Waals surface area contributed by atoms with E-state index in [0.717, 1.165) is 31.2 Å². The van der Waals surface area contributed by atoms with E-state index in [-0.39, 0.29) is 12.4 Å². The highest BCUT2D eigenvalue weighted by atomic mass is 16.7. The van der Waals surface area contributed by atoms with Crippen molar-refractivity contribution >= 4 is 11.9 Å². The van der Waals surface area contributed by atoms with Crippen molar-refractivity contribution in [2.45, 2.75) is 51.7 Å². The molecular weight excluding hydrogens is 328 g/mol. The zero-order chi connectivity index (χ0) is 18.6. The predicted octanol–water partition coefficient (Wildman–Crippen LogP) is 4.46. The standard InChI is InChI=1S/C22H26O4/c1-18(23)25-22(26-21(24)17-20-14-8-3-9-15-20)16-10-4-7-13-19-11-5-2-6-12-19/h2-3,5-6,8-9,11-12,14-15,22H,4,7,10,13,16-17H2,1H3. The summed E-state index contributed by atoms with van der Waals surface area (Å²) in [6, 6.07) is 19.7. The number of benzene rings is 2. The summed E-state index contributed by atoms with van der Waals surface area (Å²) in [5.41, 5.74) is 2.19. The molecule has 0 radical (unpaired) electrons. The average molecular weight is 354 g/mol. The summed E-state index contributed by atoms with van der Waals surface area (Å²) >= 11 is 0. The van der Waals surface area contributed by atoms with E-state index in [9.17, 15) is 9.59 Å². The fourth-order valence-corrected chi connectivity index (χ4v) is 2.74. The summed E-state index contributed by atoms with van der Waals surface area (Å²) in [7, 11) is 0. The van der Waals surface area contributed by atoms with Crippen molar-refractivity contribution in [2.75, 3.05) is 0 Å². The second-order valence-corrected chi connectivity index (χ2v) is 6.28. The molecule has 0 aliphatic carbocycles. The number of hydrogen-bond donors (Lipinski definition) is 0. The van der Waals surface area contributed by atoms with Gasteiger partial charge in [-0.3, -0.25) is 9.59 Å². The van der Waals surface area contributed by atoms with Crippen molar-refractivity contribution in [3.8, 4) is 0 Å². The molecule has 0 spiro atoms. The highest BCUT2D eigenvalue weighted by Gasteiger charge is 2.17. The molecule has 2 aromatic carbocycles. The van der Waals surface area contributed by atoms with Crippen molar-refractivity contribution in [1.29, 1.82) is 0 Å². The summed E-state index contributed by atoms with van der Waals surface area (Å²) in [4.78, 5) is 23.3. The van der Waals surface area contributed by atoms with Crippen LogP contribution in [0.1, 0.15) is 43.7 Å². The van der Waals surface area contributed by atoms with Gasteiger partial charge < -0.3 is 9.47 Å². The summed E-state index contributed by atoms with van der Waals surface area (Å²) in [6.07, 6.45) is 3.79. The molecule has 0 aliphatic rings. The molecule has 0 N–H and O–H groups in total. The third-order valence-corrected chi connectivity index (χ3v) is 4.00. The van der Waals surface area contributed by atoms with Crippen molar-refractivity contribution in [2.24, 2.45) is 0 Å². The highest BCUT2D eigenvalue weighted by molar-refractivity contribution is 5.73. The normalized spacial score (nSPS) is 11.6. The van der Waals surface area contributed by atoms with E-state index in [4.69, 9.17) is 9.47 Å². The van der Waals surface area contributed by atoms with Gasteiger partial charge in [-0.15, -0.1) is 0 Å². The maximum Gasteiger partial charge on any atom is 0.313 e. The molecule has 26 heavy (non-hydrogen) atoms. The third kappa shape index (κ3) is 7.97. The van der Waals surface area contributed by atoms with Crippen LogP contribution in [0.15, 0.2) is 60.7 Å². The lowest BCUT2D eigenvalue weighted by atomic mass is 10.1. The van der Waals surface area contributed by atoms with Gasteiger partial charge in [0.2, 0.25) is 6.29 Å². The Morgan fingerprint density at radius 1 is 0.808 bits per heavy atom. The van der Waals surface area contributed by atoms with Crippen LogP contribution < -0.4 is 0 Å². The number of hydrogen-bond acceptors (Lipinski definition) is 4. The first-order valence-electron chi connectivity index (χ1n) is 9.08. The molecule has 0 heterocycles. The van der Waals surface area contributed by atoms with Crippen molar-refractivity contribution in [3.05, 3.63) is 71.8 Å². The minimum Gasteiger partial charge on any atom is -0.425 e. The number of ether oxygens (including phenoxy) is 2. The van der Waals surface area contributed by atoms with E-state index in [2.05, 4.69) is 12.1 Å². The van der Waals surface area contributed by atoms with Gasteiger partial charge >= 0.3 is 11.9 Å². The highest BCUT2D eigenvalue weighted by Crippen LogP contribution is 2.13. The second kappa shape index (κ2) is 11.1. The molecule has 1 atom stereocenters. The smallest absolute Gasteiger partial charge is 0.313 e. The summed E-state index contributed by atoms with van der Waals surface area (Å²) < 4.78 is 10.5. The van der Waals surface area contributed by atoms with E-state index in [0.29, 0.717) is 6.42 Å². The molecule has 1 unspecified atom stereocenters. The Morgan fingerprint density at radius 2 is 1.42 bits per heavy atom. The average Bonchev–Trinajstić information content (AvgIpc) is 2.62. The first-order chi connectivity index (χ1) is 12.6. The van der Waals surface area contributed by atoms with E-state index in [1.165, 1.54) is 12.5 Å². The Labute approximate surface area is 155 Å². The van der Waals surface area contributed by atoms with E-state index < -0.39 is 12.3 Å². The molecule has 0 amide bonds. The molecule has 0 bridgehead atoms. The molecule has 0 saturated heterocycles. The van der Waals surface area contributed by atoms with Crippen LogP contribution in [0.4, 0.5) is 0 Å². The quantitative estimate of drug-likeness (QED) is 0.359. The number of rotatable bonds is 10. The lowest BCUT2D eigenvalue weighted by molar-refractivity contribution is -0.187. The third-order valence-electron chi connectivity index (χ3n) is 4.00. The monoisotopic (exact) mass is 354 g/mol. The van der Waals surface area contributed by atoms with Gasteiger partial charge in [-0.2, -0.15) is 0 Å². The van der Waals surface area contributed by atoms with Crippen molar-refractivity contribution < 1.29 is 19.1 Å². The van der Waals surface area contributed by atoms with Crippen molar-refractivity contribution in [3.63, 3.8) is 0 Å². The number of esters is 2. The van der Waals surface area contributed by atoms with Gasteiger partial charge in [0.15, 0.2) is 0 Å². The Balaban J connectivity index is 1.72. The first-order valence-corrected chi connectivity index (χ1v) is 9.08. The molecule has 2 aromatic rings. The fourth-order valence-electron chi connectivity index (χ4n) is 2.74. The van der Waals surface area contributed by atoms with Crippen LogP contribution in [0.3, 0.4) is 0 Å². The molecule has 0 aliphatic heterocycles. The van der Waals surface area contributed by atoms with Gasteiger partial charge in [0.1, 0.15) is 0 Å². The minimum absolute atomic E-state index is 0.173. The molecule has 4 nitrogen and oxygen atoms in total. The molecule has 0 fully saturated rings. The summed E-state index contributed by atoms with van der Waals surface area (Å²) in [5.74, 6) is -0.821. The van der Waals surface area contributed by atoms with Gasteiger partial charge in [0.05, 0.1) is 6.42 Å². The van der Waals surface area contributed by atoms with Crippen LogP contribution in [0.5, 0.6) is 0 Å². The maximum absolute atomic E-state index is 12.1.